The topological polar surface area (TPSA) is 126 Å². The third-order valence-corrected chi connectivity index (χ3v) is 8.28. The molecule has 1 aliphatic carbocycles. The van der Waals surface area contributed by atoms with Crippen LogP contribution in [0.5, 0.6) is 11.6 Å². The number of nitrogens with zero attached hydrogens (tertiary/aromatic N) is 3. The molecule has 1 aliphatic heterocycles. The van der Waals surface area contributed by atoms with Crippen LogP contribution in [-0.4, -0.2) is 39.9 Å². The summed E-state index contributed by atoms with van der Waals surface area (Å²) in [5.74, 6) is 0.822. The Morgan fingerprint density at radius 2 is 1.75 bits per heavy atom. The van der Waals surface area contributed by atoms with Crippen molar-refractivity contribution in [2.75, 3.05) is 10.2 Å². The molecule has 3 aromatic heterocycles. The van der Waals surface area contributed by atoms with Crippen LogP contribution in [0.15, 0.2) is 54.9 Å². The number of hydrogen-bond donors (Lipinski definition) is 3. The van der Waals surface area contributed by atoms with Crippen molar-refractivity contribution in [1.29, 1.82) is 0 Å². The highest BCUT2D eigenvalue weighted by molar-refractivity contribution is 7.21. The maximum absolute atomic E-state index is 13.5. The van der Waals surface area contributed by atoms with Crippen molar-refractivity contribution in [3.8, 4) is 11.6 Å². The summed E-state index contributed by atoms with van der Waals surface area (Å²) in [6, 6.07) is 12.7. The number of rotatable bonds is 6. The lowest BCUT2D eigenvalue weighted by Crippen LogP contribution is -2.43. The van der Waals surface area contributed by atoms with E-state index >= 15 is 0 Å². The van der Waals surface area contributed by atoms with Crippen molar-refractivity contribution in [1.82, 2.24) is 20.6 Å². The van der Waals surface area contributed by atoms with Gasteiger partial charge in [0.05, 0.1) is 28.6 Å². The number of pyridine rings is 2. The van der Waals surface area contributed by atoms with Crippen LogP contribution in [0.1, 0.15) is 47.8 Å². The zero-order chi connectivity index (χ0) is 27.8. The molecule has 0 saturated heterocycles. The van der Waals surface area contributed by atoms with E-state index in [4.69, 9.17) is 4.74 Å². The second-order valence-electron chi connectivity index (χ2n) is 10.0. The molecule has 11 heteroatoms. The Morgan fingerprint density at radius 3 is 2.45 bits per heavy atom. The predicted molar refractivity (Wildman–Crippen MR) is 154 cm³/mol. The van der Waals surface area contributed by atoms with Crippen LogP contribution in [0.4, 0.5) is 21.9 Å². The van der Waals surface area contributed by atoms with Crippen molar-refractivity contribution in [2.45, 2.75) is 51.6 Å². The van der Waals surface area contributed by atoms with Gasteiger partial charge in [0.15, 0.2) is 0 Å². The molecule has 0 atom stereocenters. The maximum atomic E-state index is 13.5. The first-order valence-electron chi connectivity index (χ1n) is 13.2. The van der Waals surface area contributed by atoms with E-state index in [2.05, 4.69) is 25.9 Å². The fraction of sp³-hybridized carbons (Fsp3) is 0.276. The van der Waals surface area contributed by atoms with Gasteiger partial charge in [-0.3, -0.25) is 14.5 Å². The molecule has 0 unspecified atom stereocenters. The van der Waals surface area contributed by atoms with E-state index < -0.39 is 0 Å². The lowest BCUT2D eigenvalue weighted by molar-refractivity contribution is -0.119. The molecular formula is C29H28N6O4S. The molecule has 1 aromatic carbocycles. The Kier molecular flexibility index (Phi) is 6.81. The van der Waals surface area contributed by atoms with Gasteiger partial charge in [-0.05, 0) is 56.4 Å². The molecule has 3 N–H and O–H groups in total. The van der Waals surface area contributed by atoms with Crippen molar-refractivity contribution in [2.24, 2.45) is 0 Å². The number of thiophene rings is 1. The summed E-state index contributed by atoms with van der Waals surface area (Å²) < 4.78 is 5.86. The Bertz CT molecular complexity index is 1610. The molecular weight excluding hydrogens is 528 g/mol. The van der Waals surface area contributed by atoms with E-state index in [9.17, 15) is 14.4 Å². The Morgan fingerprint density at radius 1 is 1.02 bits per heavy atom. The fourth-order valence-electron chi connectivity index (χ4n) is 5.33. The number of amides is 4. The van der Waals surface area contributed by atoms with Crippen LogP contribution in [0.2, 0.25) is 0 Å². The van der Waals surface area contributed by atoms with Crippen LogP contribution < -0.4 is 25.6 Å². The van der Waals surface area contributed by atoms with Gasteiger partial charge in [0.2, 0.25) is 11.8 Å². The van der Waals surface area contributed by atoms with Gasteiger partial charge < -0.3 is 20.7 Å². The van der Waals surface area contributed by atoms with Crippen LogP contribution in [-0.2, 0) is 4.79 Å². The second kappa shape index (κ2) is 10.6. The first kappa shape index (κ1) is 25.8. The summed E-state index contributed by atoms with van der Waals surface area (Å²) in [5, 5.41) is 9.74. The quantitative estimate of drug-likeness (QED) is 0.282. The Balaban J connectivity index is 1.25. The molecule has 204 valence electrons. The number of aryl methyl sites for hydroxylation is 1. The van der Waals surface area contributed by atoms with Crippen LogP contribution in [0.3, 0.4) is 0 Å². The molecule has 40 heavy (non-hydrogen) atoms. The molecule has 0 spiro atoms. The van der Waals surface area contributed by atoms with Gasteiger partial charge in [0.1, 0.15) is 15.5 Å². The number of ether oxygens (including phenoxy) is 1. The highest BCUT2D eigenvalue weighted by Gasteiger charge is 2.34. The summed E-state index contributed by atoms with van der Waals surface area (Å²) in [4.78, 5) is 49.8. The lowest BCUT2D eigenvalue weighted by atomic mass is 9.91. The molecule has 4 amide bonds. The highest BCUT2D eigenvalue weighted by atomic mass is 32.1. The lowest BCUT2D eigenvalue weighted by Gasteiger charge is -2.30. The normalized spacial score (nSPS) is 18.2. The molecule has 1 saturated carbocycles. The number of aromatic nitrogens is 2. The SMILES string of the molecule is CC(=O)NC1CCC(NC(=O)c2sc3nccc4c3c2NC(=O)N4c2cnc(Oc3ccccc3)cc2C)CC1. The van der Waals surface area contributed by atoms with Gasteiger partial charge in [-0.1, -0.05) is 18.2 Å². The zero-order valence-corrected chi connectivity index (χ0v) is 22.9. The number of carbonyl (C=O) groups is 3. The van der Waals surface area contributed by atoms with E-state index in [0.29, 0.717) is 38.4 Å². The number of hydrogen-bond acceptors (Lipinski definition) is 7. The Labute approximate surface area is 234 Å². The first-order chi connectivity index (χ1) is 19.4. The summed E-state index contributed by atoms with van der Waals surface area (Å²) in [6.45, 7) is 3.41. The number of urea groups is 1. The minimum Gasteiger partial charge on any atom is -0.439 e. The molecule has 4 aromatic rings. The summed E-state index contributed by atoms with van der Waals surface area (Å²) in [7, 11) is 0. The van der Waals surface area contributed by atoms with Crippen molar-refractivity contribution in [3.63, 3.8) is 0 Å². The van der Waals surface area contributed by atoms with E-state index in [0.717, 1.165) is 36.6 Å². The zero-order valence-electron chi connectivity index (χ0n) is 22.1. The largest absolute Gasteiger partial charge is 0.439 e. The highest BCUT2D eigenvalue weighted by Crippen LogP contribution is 2.46. The molecule has 4 heterocycles. The van der Waals surface area contributed by atoms with Gasteiger partial charge in [-0.2, -0.15) is 0 Å². The van der Waals surface area contributed by atoms with E-state index in [-0.39, 0.29) is 29.9 Å². The number of nitrogens with one attached hydrogen (secondary N) is 3. The minimum atomic E-state index is -0.384. The Hall–Kier alpha value is -4.51. The number of carbonyl (C=O) groups excluding carboxylic acids is 3. The molecule has 2 aliphatic rings. The second-order valence-corrected chi connectivity index (χ2v) is 11.0. The van der Waals surface area contributed by atoms with Gasteiger partial charge in [0.25, 0.3) is 5.91 Å². The molecule has 1 fully saturated rings. The van der Waals surface area contributed by atoms with Gasteiger partial charge >= 0.3 is 6.03 Å². The summed E-state index contributed by atoms with van der Waals surface area (Å²) in [5.41, 5.74) is 2.51. The van der Waals surface area contributed by atoms with Gasteiger partial charge in [-0.15, -0.1) is 11.3 Å². The first-order valence-corrected chi connectivity index (χ1v) is 14.0. The summed E-state index contributed by atoms with van der Waals surface area (Å²) in [6.07, 6.45) is 6.42. The van der Waals surface area contributed by atoms with E-state index in [1.54, 1.807) is 29.4 Å². The third kappa shape index (κ3) is 4.95. The third-order valence-electron chi connectivity index (χ3n) is 7.19. The number of anilines is 3. The molecule has 6 rings (SSSR count). The molecule has 0 bridgehead atoms. The molecule has 0 radical (unpaired) electrons. The average molecular weight is 557 g/mol. The summed E-state index contributed by atoms with van der Waals surface area (Å²) >= 11 is 1.26. The van der Waals surface area contributed by atoms with E-state index in [1.165, 1.54) is 18.3 Å². The smallest absolute Gasteiger partial charge is 0.331 e. The molecule has 10 nitrogen and oxygen atoms in total. The monoisotopic (exact) mass is 556 g/mol. The number of para-hydroxylation sites is 1. The van der Waals surface area contributed by atoms with Crippen LogP contribution >= 0.6 is 11.3 Å². The average Bonchev–Trinajstić information content (AvgIpc) is 3.30. The predicted octanol–water partition coefficient (Wildman–Crippen LogP) is 5.65. The van der Waals surface area contributed by atoms with Gasteiger partial charge in [-0.25, -0.2) is 14.8 Å². The fourth-order valence-corrected chi connectivity index (χ4v) is 6.35. The number of benzene rings is 1. The van der Waals surface area contributed by atoms with Crippen LogP contribution in [0.25, 0.3) is 10.2 Å². The van der Waals surface area contributed by atoms with Crippen molar-refractivity contribution >= 4 is 56.5 Å². The van der Waals surface area contributed by atoms with E-state index in [1.807, 2.05) is 37.3 Å². The maximum Gasteiger partial charge on any atom is 0.331 e. The van der Waals surface area contributed by atoms with Crippen molar-refractivity contribution < 1.29 is 19.1 Å². The van der Waals surface area contributed by atoms with Crippen LogP contribution in [0, 0.1) is 6.92 Å². The van der Waals surface area contributed by atoms with Crippen molar-refractivity contribution in [3.05, 3.63) is 65.3 Å². The van der Waals surface area contributed by atoms with Gasteiger partial charge in [0, 0.05) is 31.3 Å². The minimum absolute atomic E-state index is 0.00323. The standard InChI is InChI=1S/C29H28N6O4S/c1-16-14-23(39-20-6-4-3-5-7-20)31-15-22(16)35-21-12-13-30-28-24(21)25(34-29(35)38)26(40-28)27(37)33-19-10-8-18(9-11-19)32-17(2)36/h3-7,12-15,18-19H,8-11H2,1-2H3,(H,32,36)(H,33,37)(H,34,38).